The highest BCUT2D eigenvalue weighted by Crippen LogP contribution is 2.33. The Morgan fingerprint density at radius 1 is 1.12 bits per heavy atom. The molecule has 1 atom stereocenters. The molecule has 5 rings (SSSR count). The summed E-state index contributed by atoms with van der Waals surface area (Å²) in [6, 6.07) is 6.40. The molecular formula is C24H30N6O3. The summed E-state index contributed by atoms with van der Waals surface area (Å²) in [5.41, 5.74) is 2.62. The highest BCUT2D eigenvalue weighted by atomic mass is 16.5. The van der Waals surface area contributed by atoms with Gasteiger partial charge in [0.2, 0.25) is 0 Å². The summed E-state index contributed by atoms with van der Waals surface area (Å²) in [4.78, 5) is 19.9. The number of aromatic nitrogens is 4. The Balaban J connectivity index is 1.28. The Morgan fingerprint density at radius 3 is 2.79 bits per heavy atom. The molecule has 174 valence electrons. The lowest BCUT2D eigenvalue weighted by atomic mass is 9.93. The van der Waals surface area contributed by atoms with E-state index in [0.717, 1.165) is 66.3 Å². The van der Waals surface area contributed by atoms with Crippen molar-refractivity contribution in [3.05, 3.63) is 42.6 Å². The number of aryl methyl sites for hydroxylation is 1. The van der Waals surface area contributed by atoms with Gasteiger partial charge in [-0.1, -0.05) is 0 Å². The average molecular weight is 451 g/mol. The lowest BCUT2D eigenvalue weighted by Gasteiger charge is -2.34. The number of benzene rings is 1. The van der Waals surface area contributed by atoms with E-state index in [1.165, 1.54) is 0 Å². The van der Waals surface area contributed by atoms with Crippen molar-refractivity contribution >= 4 is 22.5 Å². The summed E-state index contributed by atoms with van der Waals surface area (Å²) in [5, 5.41) is 13.0. The number of aliphatic hydroxyl groups excluding tert-OH is 1. The van der Waals surface area contributed by atoms with Crippen LogP contribution in [0.15, 0.2) is 36.8 Å². The number of fused-ring (bicyclic) bond motifs is 1. The molecule has 1 saturated heterocycles. The van der Waals surface area contributed by atoms with Crippen LogP contribution in [0.25, 0.3) is 11.0 Å². The molecule has 1 aliphatic heterocycles. The lowest BCUT2D eigenvalue weighted by Crippen LogP contribution is -2.44. The van der Waals surface area contributed by atoms with Crippen LogP contribution in [0.2, 0.25) is 0 Å². The highest BCUT2D eigenvalue weighted by Gasteiger charge is 2.25. The van der Waals surface area contributed by atoms with Crippen molar-refractivity contribution in [1.29, 1.82) is 0 Å². The second-order valence-electron chi connectivity index (χ2n) is 8.71. The number of aliphatic hydroxyl groups is 1. The van der Waals surface area contributed by atoms with Crippen molar-refractivity contribution in [2.24, 2.45) is 0 Å². The van der Waals surface area contributed by atoms with Gasteiger partial charge in [0.15, 0.2) is 0 Å². The van der Waals surface area contributed by atoms with Crippen LogP contribution in [0, 0.1) is 6.92 Å². The Bertz CT molecular complexity index is 1090. The van der Waals surface area contributed by atoms with Crippen molar-refractivity contribution in [1.82, 2.24) is 19.9 Å². The molecular weight excluding hydrogens is 420 g/mol. The van der Waals surface area contributed by atoms with Crippen molar-refractivity contribution in [3.63, 3.8) is 0 Å². The third-order valence-electron chi connectivity index (χ3n) is 6.33. The van der Waals surface area contributed by atoms with E-state index in [0.29, 0.717) is 19.2 Å². The quantitative estimate of drug-likeness (QED) is 0.586. The van der Waals surface area contributed by atoms with Gasteiger partial charge in [0.1, 0.15) is 22.9 Å². The fourth-order valence-corrected chi connectivity index (χ4v) is 4.62. The number of rotatable bonds is 6. The smallest absolute Gasteiger partial charge is 0.149 e. The van der Waals surface area contributed by atoms with E-state index in [9.17, 15) is 5.11 Å². The number of nitrogens with zero attached hydrogens (tertiary/aromatic N) is 5. The Kier molecular flexibility index (Phi) is 6.50. The van der Waals surface area contributed by atoms with Crippen LogP contribution in [-0.4, -0.2) is 69.6 Å². The summed E-state index contributed by atoms with van der Waals surface area (Å²) in [5.74, 6) is 2.42. The normalized spacial score (nSPS) is 23.5. The van der Waals surface area contributed by atoms with Gasteiger partial charge >= 0.3 is 0 Å². The monoisotopic (exact) mass is 450 g/mol. The van der Waals surface area contributed by atoms with E-state index < -0.39 is 0 Å². The fourth-order valence-electron chi connectivity index (χ4n) is 4.62. The molecule has 2 aromatic heterocycles. The number of ether oxygens (including phenoxy) is 2. The maximum Gasteiger partial charge on any atom is 0.149 e. The number of hydrogen-bond donors (Lipinski definition) is 2. The van der Waals surface area contributed by atoms with Crippen LogP contribution in [0.5, 0.6) is 5.75 Å². The maximum absolute atomic E-state index is 9.52. The standard InChI is InChI=1S/C24H30N6O3/c1-16-25-7-6-23(28-16)29-17-2-4-19(5-3-17)33-22-13-18(12-21-24(22)27-9-8-26-21)30-10-11-32-20(14-30)15-31/h6-9,12-13,17,19-20,31H,2-5,10-11,14-15H2,1H3,(H,25,28,29)/t17-,19+,20-/m0/s1. The molecule has 0 spiro atoms. The molecule has 9 nitrogen and oxygen atoms in total. The van der Waals surface area contributed by atoms with Gasteiger partial charge in [-0.25, -0.2) is 15.0 Å². The Labute approximate surface area is 193 Å². The van der Waals surface area contributed by atoms with Gasteiger partial charge in [-0.2, -0.15) is 0 Å². The summed E-state index contributed by atoms with van der Waals surface area (Å²) < 4.78 is 12.1. The number of anilines is 2. The molecule has 2 fully saturated rings. The molecule has 0 unspecified atom stereocenters. The molecule has 3 aromatic rings. The molecule has 9 heteroatoms. The summed E-state index contributed by atoms with van der Waals surface area (Å²) in [6.45, 7) is 3.90. The maximum atomic E-state index is 9.52. The summed E-state index contributed by atoms with van der Waals surface area (Å²) in [6.07, 6.45) is 9.09. The minimum atomic E-state index is -0.179. The number of morpholine rings is 1. The molecule has 33 heavy (non-hydrogen) atoms. The van der Waals surface area contributed by atoms with E-state index in [1.54, 1.807) is 18.6 Å². The van der Waals surface area contributed by atoms with Gasteiger partial charge in [0.25, 0.3) is 0 Å². The largest absolute Gasteiger partial charge is 0.488 e. The van der Waals surface area contributed by atoms with Crippen LogP contribution in [-0.2, 0) is 4.74 Å². The van der Waals surface area contributed by atoms with E-state index in [4.69, 9.17) is 9.47 Å². The molecule has 0 bridgehead atoms. The molecule has 0 radical (unpaired) electrons. The lowest BCUT2D eigenvalue weighted by molar-refractivity contribution is 0.00356. The first-order chi connectivity index (χ1) is 16.2. The van der Waals surface area contributed by atoms with Crippen LogP contribution in [0.4, 0.5) is 11.5 Å². The Hall–Kier alpha value is -3.04. The third-order valence-corrected chi connectivity index (χ3v) is 6.33. The zero-order valence-corrected chi connectivity index (χ0v) is 18.9. The van der Waals surface area contributed by atoms with Gasteiger partial charge in [-0.05, 0) is 44.7 Å². The topological polar surface area (TPSA) is 106 Å². The fraction of sp³-hybridized carbons (Fsp3) is 0.500. The van der Waals surface area contributed by atoms with E-state index in [1.807, 2.05) is 19.1 Å². The highest BCUT2D eigenvalue weighted by molar-refractivity contribution is 5.85. The first-order valence-electron chi connectivity index (χ1n) is 11.6. The molecule has 2 aliphatic rings. The number of nitrogens with one attached hydrogen (secondary N) is 1. The van der Waals surface area contributed by atoms with Crippen LogP contribution < -0.4 is 15.0 Å². The van der Waals surface area contributed by atoms with Crippen LogP contribution >= 0.6 is 0 Å². The van der Waals surface area contributed by atoms with Crippen molar-refractivity contribution in [2.45, 2.75) is 50.9 Å². The SMILES string of the molecule is Cc1nccc(N[C@H]2CC[C@@H](Oc3cc(N4CCO[C@H](CO)C4)cc4nccnc34)CC2)n1. The van der Waals surface area contributed by atoms with Gasteiger partial charge in [-0.3, -0.25) is 4.98 Å². The predicted octanol–water partition coefficient (Wildman–Crippen LogP) is 2.73. The number of hydrogen-bond acceptors (Lipinski definition) is 9. The second-order valence-corrected chi connectivity index (χ2v) is 8.71. The molecule has 1 aromatic carbocycles. The van der Waals surface area contributed by atoms with Crippen LogP contribution in [0.3, 0.4) is 0 Å². The molecule has 1 aliphatic carbocycles. The Morgan fingerprint density at radius 2 is 1.97 bits per heavy atom. The van der Waals surface area contributed by atoms with Crippen molar-refractivity contribution in [3.8, 4) is 5.75 Å². The molecule has 2 N–H and O–H groups in total. The van der Waals surface area contributed by atoms with Gasteiger partial charge in [0.05, 0.1) is 30.9 Å². The minimum absolute atomic E-state index is 0.0130. The first-order valence-corrected chi connectivity index (χ1v) is 11.6. The summed E-state index contributed by atoms with van der Waals surface area (Å²) >= 11 is 0. The zero-order chi connectivity index (χ0) is 22.6. The minimum Gasteiger partial charge on any atom is -0.488 e. The van der Waals surface area contributed by atoms with Crippen molar-refractivity contribution < 1.29 is 14.6 Å². The average Bonchev–Trinajstić information content (AvgIpc) is 2.85. The van der Waals surface area contributed by atoms with Crippen LogP contribution in [0.1, 0.15) is 31.5 Å². The van der Waals surface area contributed by atoms with Gasteiger partial charge < -0.3 is 24.8 Å². The molecule has 0 amide bonds. The first kappa shape index (κ1) is 21.8. The van der Waals surface area contributed by atoms with E-state index >= 15 is 0 Å². The summed E-state index contributed by atoms with van der Waals surface area (Å²) in [7, 11) is 0. The third kappa shape index (κ3) is 5.15. The molecule has 1 saturated carbocycles. The van der Waals surface area contributed by atoms with Crippen molar-refractivity contribution in [2.75, 3.05) is 36.5 Å². The van der Waals surface area contributed by atoms with Gasteiger partial charge in [0, 0.05) is 49.5 Å². The van der Waals surface area contributed by atoms with E-state index in [-0.39, 0.29) is 18.8 Å². The molecule has 3 heterocycles. The van der Waals surface area contributed by atoms with Gasteiger partial charge in [-0.15, -0.1) is 0 Å². The zero-order valence-electron chi connectivity index (χ0n) is 18.9. The van der Waals surface area contributed by atoms with E-state index in [2.05, 4.69) is 36.2 Å². The predicted molar refractivity (Wildman–Crippen MR) is 126 cm³/mol. The second kappa shape index (κ2) is 9.84.